The van der Waals surface area contributed by atoms with Gasteiger partial charge >= 0.3 is 0 Å². The summed E-state index contributed by atoms with van der Waals surface area (Å²) >= 11 is 1.88. The van der Waals surface area contributed by atoms with Crippen molar-refractivity contribution in [1.82, 2.24) is 0 Å². The highest BCUT2D eigenvalue weighted by atomic mass is 32.1. The van der Waals surface area contributed by atoms with Gasteiger partial charge in [-0.3, -0.25) is 0 Å². The Balaban J connectivity index is 2.11. The van der Waals surface area contributed by atoms with Crippen molar-refractivity contribution >= 4 is 11.3 Å². The summed E-state index contributed by atoms with van der Waals surface area (Å²) in [5.41, 5.74) is 8.83. The van der Waals surface area contributed by atoms with Crippen molar-refractivity contribution in [3.63, 3.8) is 0 Å². The first kappa shape index (κ1) is 12.3. The molecule has 2 N–H and O–H groups in total. The van der Waals surface area contributed by atoms with Crippen molar-refractivity contribution in [3.05, 3.63) is 57.3 Å². The topological polar surface area (TPSA) is 26.0 Å². The maximum atomic E-state index is 6.29. The van der Waals surface area contributed by atoms with Gasteiger partial charge in [-0.15, -0.1) is 11.3 Å². The third-order valence-electron chi connectivity index (χ3n) is 3.07. The molecule has 90 valence electrons. The fourth-order valence-corrected chi connectivity index (χ4v) is 3.07. The minimum Gasteiger partial charge on any atom is -0.324 e. The zero-order valence-corrected chi connectivity index (χ0v) is 11.3. The standard InChI is InChI=1S/C15H19NS/c1-3-12-8-9-13(17-12)10-15(16)14-7-5-4-6-11(14)2/h4-9,15H,3,10,16H2,1-2H3. The molecule has 0 aliphatic rings. The molecule has 1 aromatic heterocycles. The molecule has 1 atom stereocenters. The van der Waals surface area contributed by atoms with Crippen LogP contribution in [0.15, 0.2) is 36.4 Å². The van der Waals surface area contributed by atoms with Crippen molar-refractivity contribution in [2.75, 3.05) is 0 Å². The van der Waals surface area contributed by atoms with Gasteiger partial charge in [0.15, 0.2) is 0 Å². The average Bonchev–Trinajstić information content (AvgIpc) is 2.77. The number of aryl methyl sites for hydroxylation is 2. The molecule has 17 heavy (non-hydrogen) atoms. The molecule has 1 heterocycles. The molecule has 0 aliphatic carbocycles. The fourth-order valence-electron chi connectivity index (χ4n) is 2.05. The van der Waals surface area contributed by atoms with Crippen LogP contribution in [0, 0.1) is 6.92 Å². The first-order chi connectivity index (χ1) is 8.20. The van der Waals surface area contributed by atoms with E-state index >= 15 is 0 Å². The van der Waals surface area contributed by atoms with E-state index in [2.05, 4.69) is 50.2 Å². The van der Waals surface area contributed by atoms with Gasteiger partial charge in [0.25, 0.3) is 0 Å². The molecule has 0 saturated heterocycles. The van der Waals surface area contributed by atoms with Crippen LogP contribution in [0.5, 0.6) is 0 Å². The Bertz CT molecular complexity index is 487. The number of hydrogen-bond acceptors (Lipinski definition) is 2. The van der Waals surface area contributed by atoms with Gasteiger partial charge in [0, 0.05) is 22.2 Å². The van der Waals surface area contributed by atoms with Crippen LogP contribution in [0.25, 0.3) is 0 Å². The summed E-state index contributed by atoms with van der Waals surface area (Å²) in [6.45, 7) is 4.32. The first-order valence-electron chi connectivity index (χ1n) is 6.09. The van der Waals surface area contributed by atoms with Gasteiger partial charge < -0.3 is 5.73 Å². The van der Waals surface area contributed by atoms with E-state index in [9.17, 15) is 0 Å². The molecule has 0 aliphatic heterocycles. The van der Waals surface area contributed by atoms with Gasteiger partial charge in [0.1, 0.15) is 0 Å². The molecule has 0 amide bonds. The van der Waals surface area contributed by atoms with E-state index in [1.807, 2.05) is 11.3 Å². The fraction of sp³-hybridized carbons (Fsp3) is 0.333. The number of benzene rings is 1. The van der Waals surface area contributed by atoms with Crippen LogP contribution in [-0.2, 0) is 12.8 Å². The lowest BCUT2D eigenvalue weighted by atomic mass is 9.99. The summed E-state index contributed by atoms with van der Waals surface area (Å²) in [5, 5.41) is 0. The highest BCUT2D eigenvalue weighted by molar-refractivity contribution is 7.11. The molecule has 2 aromatic rings. The minimum absolute atomic E-state index is 0.111. The van der Waals surface area contributed by atoms with E-state index in [0.29, 0.717) is 0 Å². The Hall–Kier alpha value is -1.12. The highest BCUT2D eigenvalue weighted by Crippen LogP contribution is 2.24. The summed E-state index contributed by atoms with van der Waals surface area (Å²) < 4.78 is 0. The largest absolute Gasteiger partial charge is 0.324 e. The summed E-state index contributed by atoms with van der Waals surface area (Å²) in [5.74, 6) is 0. The van der Waals surface area contributed by atoms with Crippen LogP contribution in [-0.4, -0.2) is 0 Å². The van der Waals surface area contributed by atoms with Crippen molar-refractivity contribution in [1.29, 1.82) is 0 Å². The summed E-state index contributed by atoms with van der Waals surface area (Å²) in [4.78, 5) is 2.83. The van der Waals surface area contributed by atoms with Crippen LogP contribution in [0.1, 0.15) is 33.8 Å². The predicted molar refractivity (Wildman–Crippen MR) is 75.5 cm³/mol. The van der Waals surface area contributed by atoms with Gasteiger partial charge in [-0.05, 0) is 36.6 Å². The molecule has 0 saturated carbocycles. The maximum absolute atomic E-state index is 6.29. The van der Waals surface area contributed by atoms with E-state index in [-0.39, 0.29) is 6.04 Å². The highest BCUT2D eigenvalue weighted by Gasteiger charge is 2.10. The van der Waals surface area contributed by atoms with E-state index in [1.165, 1.54) is 20.9 Å². The molecule has 2 heteroatoms. The quantitative estimate of drug-likeness (QED) is 0.869. The van der Waals surface area contributed by atoms with E-state index in [1.54, 1.807) is 0 Å². The van der Waals surface area contributed by atoms with Gasteiger partial charge in [0.05, 0.1) is 0 Å². The van der Waals surface area contributed by atoms with Crippen LogP contribution in [0.3, 0.4) is 0 Å². The second kappa shape index (κ2) is 5.48. The molecule has 0 radical (unpaired) electrons. The monoisotopic (exact) mass is 245 g/mol. The lowest BCUT2D eigenvalue weighted by Crippen LogP contribution is -2.13. The summed E-state index contributed by atoms with van der Waals surface area (Å²) in [6.07, 6.45) is 2.06. The summed E-state index contributed by atoms with van der Waals surface area (Å²) in [7, 11) is 0. The second-order valence-electron chi connectivity index (χ2n) is 4.39. The number of rotatable bonds is 4. The van der Waals surface area contributed by atoms with Crippen LogP contribution in [0.4, 0.5) is 0 Å². The first-order valence-corrected chi connectivity index (χ1v) is 6.91. The Morgan fingerprint density at radius 1 is 1.12 bits per heavy atom. The van der Waals surface area contributed by atoms with Gasteiger partial charge in [-0.2, -0.15) is 0 Å². The summed E-state index contributed by atoms with van der Waals surface area (Å²) in [6, 6.07) is 12.9. The molecule has 0 spiro atoms. The van der Waals surface area contributed by atoms with Crippen LogP contribution >= 0.6 is 11.3 Å². The van der Waals surface area contributed by atoms with Crippen LogP contribution < -0.4 is 5.73 Å². The predicted octanol–water partition coefficient (Wildman–Crippen LogP) is 3.86. The van der Waals surface area contributed by atoms with Crippen LogP contribution in [0.2, 0.25) is 0 Å². The number of hydrogen-bond donors (Lipinski definition) is 1. The SMILES string of the molecule is CCc1ccc(CC(N)c2ccccc2C)s1. The van der Waals surface area contributed by atoms with Crippen molar-refractivity contribution in [3.8, 4) is 0 Å². The van der Waals surface area contributed by atoms with Gasteiger partial charge in [-0.25, -0.2) is 0 Å². The van der Waals surface area contributed by atoms with Crippen molar-refractivity contribution in [2.24, 2.45) is 5.73 Å². The lowest BCUT2D eigenvalue weighted by Gasteiger charge is -2.13. The third kappa shape index (κ3) is 2.96. The average molecular weight is 245 g/mol. The van der Waals surface area contributed by atoms with Crippen molar-refractivity contribution < 1.29 is 0 Å². The second-order valence-corrected chi connectivity index (χ2v) is 5.64. The molecule has 1 aromatic carbocycles. The third-order valence-corrected chi connectivity index (χ3v) is 4.33. The Morgan fingerprint density at radius 2 is 1.82 bits per heavy atom. The number of thiophene rings is 1. The Labute approximate surface area is 107 Å². The van der Waals surface area contributed by atoms with Gasteiger partial charge in [-0.1, -0.05) is 31.2 Å². The zero-order chi connectivity index (χ0) is 12.3. The molecular weight excluding hydrogens is 226 g/mol. The molecule has 0 bridgehead atoms. The molecule has 0 fully saturated rings. The number of nitrogens with two attached hydrogens (primary N) is 1. The van der Waals surface area contributed by atoms with E-state index < -0.39 is 0 Å². The Kier molecular flexibility index (Phi) is 3.97. The van der Waals surface area contributed by atoms with E-state index in [4.69, 9.17) is 5.73 Å². The normalized spacial score (nSPS) is 12.6. The van der Waals surface area contributed by atoms with Crippen molar-refractivity contribution in [2.45, 2.75) is 32.7 Å². The molecule has 2 rings (SSSR count). The maximum Gasteiger partial charge on any atom is 0.0346 e. The molecule has 1 unspecified atom stereocenters. The lowest BCUT2D eigenvalue weighted by molar-refractivity contribution is 0.725. The minimum atomic E-state index is 0.111. The molecule has 1 nitrogen and oxygen atoms in total. The smallest absolute Gasteiger partial charge is 0.0346 e. The Morgan fingerprint density at radius 3 is 2.47 bits per heavy atom. The zero-order valence-electron chi connectivity index (χ0n) is 10.4. The van der Waals surface area contributed by atoms with Gasteiger partial charge in [0.2, 0.25) is 0 Å². The molecular formula is C15H19NS. The van der Waals surface area contributed by atoms with E-state index in [0.717, 1.165) is 12.8 Å².